The Hall–Kier alpha value is -1.58. The van der Waals surface area contributed by atoms with Gasteiger partial charge in [-0.15, -0.1) is 0 Å². The fourth-order valence-corrected chi connectivity index (χ4v) is 1.84. The molecule has 0 aromatic heterocycles. The van der Waals surface area contributed by atoms with Gasteiger partial charge in [-0.1, -0.05) is 29.8 Å². The second-order valence-corrected chi connectivity index (χ2v) is 4.40. The zero-order valence-corrected chi connectivity index (χ0v) is 10.4. The Kier molecular flexibility index (Phi) is 4.18. The van der Waals surface area contributed by atoms with Crippen LogP contribution in [-0.4, -0.2) is 11.7 Å². The second-order valence-electron chi connectivity index (χ2n) is 3.96. The molecule has 2 N–H and O–H groups in total. The van der Waals surface area contributed by atoms with Crippen LogP contribution in [0, 0.1) is 5.82 Å². The summed E-state index contributed by atoms with van der Waals surface area (Å²) in [7, 11) is 0. The van der Waals surface area contributed by atoms with Crippen molar-refractivity contribution in [1.82, 2.24) is 0 Å². The Bertz CT molecular complexity index is 533. The summed E-state index contributed by atoms with van der Waals surface area (Å²) in [6.45, 7) is 0.295. The standard InChI is InChI=1S/C14H13ClFNO/c15-11-4-1-3-10(7-11)14(18)9-17-13-6-2-5-12(16)8-13/h1-8,14,17-18H,9H2. The highest BCUT2D eigenvalue weighted by molar-refractivity contribution is 6.30. The van der Waals surface area contributed by atoms with Crippen LogP contribution in [0.2, 0.25) is 5.02 Å². The van der Waals surface area contributed by atoms with Gasteiger partial charge < -0.3 is 10.4 Å². The van der Waals surface area contributed by atoms with Gasteiger partial charge in [0.25, 0.3) is 0 Å². The summed E-state index contributed by atoms with van der Waals surface area (Å²) in [6, 6.07) is 13.1. The predicted molar refractivity (Wildman–Crippen MR) is 71.3 cm³/mol. The highest BCUT2D eigenvalue weighted by Crippen LogP contribution is 2.18. The smallest absolute Gasteiger partial charge is 0.125 e. The monoisotopic (exact) mass is 265 g/mol. The fourth-order valence-electron chi connectivity index (χ4n) is 1.64. The van der Waals surface area contributed by atoms with Crippen LogP contribution in [-0.2, 0) is 0 Å². The van der Waals surface area contributed by atoms with Crippen LogP contribution in [0.1, 0.15) is 11.7 Å². The molecule has 0 heterocycles. The molecule has 2 aromatic rings. The molecule has 0 bridgehead atoms. The summed E-state index contributed by atoms with van der Waals surface area (Å²) in [5.41, 5.74) is 1.36. The van der Waals surface area contributed by atoms with Gasteiger partial charge in [0, 0.05) is 17.3 Å². The van der Waals surface area contributed by atoms with Gasteiger partial charge in [-0.05, 0) is 35.9 Å². The SMILES string of the molecule is OC(CNc1cccc(F)c1)c1cccc(Cl)c1. The van der Waals surface area contributed by atoms with Crippen LogP contribution in [0.25, 0.3) is 0 Å². The first-order valence-electron chi connectivity index (χ1n) is 5.58. The van der Waals surface area contributed by atoms with E-state index in [1.807, 2.05) is 0 Å². The number of anilines is 1. The lowest BCUT2D eigenvalue weighted by atomic mass is 10.1. The number of halogens is 2. The molecular weight excluding hydrogens is 253 g/mol. The van der Waals surface area contributed by atoms with Crippen molar-refractivity contribution in [3.05, 3.63) is 64.9 Å². The third-order valence-corrected chi connectivity index (χ3v) is 2.79. The van der Waals surface area contributed by atoms with Gasteiger partial charge in [-0.3, -0.25) is 0 Å². The second kappa shape index (κ2) is 5.85. The van der Waals surface area contributed by atoms with Crippen molar-refractivity contribution in [3.63, 3.8) is 0 Å². The maximum Gasteiger partial charge on any atom is 0.125 e. The first-order valence-corrected chi connectivity index (χ1v) is 5.96. The molecule has 0 aliphatic carbocycles. The van der Waals surface area contributed by atoms with Gasteiger partial charge in [0.2, 0.25) is 0 Å². The number of rotatable bonds is 4. The molecule has 0 aliphatic heterocycles. The Balaban J connectivity index is 1.98. The van der Waals surface area contributed by atoms with Crippen LogP contribution in [0.5, 0.6) is 0 Å². The Labute approximate surface area is 110 Å². The van der Waals surface area contributed by atoms with Crippen molar-refractivity contribution in [2.45, 2.75) is 6.10 Å². The third-order valence-electron chi connectivity index (χ3n) is 2.56. The van der Waals surface area contributed by atoms with E-state index in [0.717, 1.165) is 5.56 Å². The van der Waals surface area contributed by atoms with Crippen LogP contribution in [0.3, 0.4) is 0 Å². The van der Waals surface area contributed by atoms with Crippen LogP contribution in [0.4, 0.5) is 10.1 Å². The molecule has 0 spiro atoms. The lowest BCUT2D eigenvalue weighted by molar-refractivity contribution is 0.191. The number of aliphatic hydroxyl groups is 1. The van der Waals surface area contributed by atoms with E-state index in [1.165, 1.54) is 12.1 Å². The van der Waals surface area contributed by atoms with Gasteiger partial charge >= 0.3 is 0 Å². The number of hydrogen-bond donors (Lipinski definition) is 2. The lowest BCUT2D eigenvalue weighted by Gasteiger charge is -2.13. The number of nitrogens with one attached hydrogen (secondary N) is 1. The van der Waals surface area contributed by atoms with Gasteiger partial charge in [0.1, 0.15) is 5.82 Å². The molecule has 0 saturated heterocycles. The van der Waals surface area contributed by atoms with Crippen molar-refractivity contribution in [3.8, 4) is 0 Å². The quantitative estimate of drug-likeness (QED) is 0.885. The van der Waals surface area contributed by atoms with Gasteiger partial charge in [0.15, 0.2) is 0 Å². The van der Waals surface area contributed by atoms with Crippen molar-refractivity contribution in [2.24, 2.45) is 0 Å². The molecule has 18 heavy (non-hydrogen) atoms. The van der Waals surface area contributed by atoms with E-state index < -0.39 is 6.10 Å². The van der Waals surface area contributed by atoms with E-state index in [-0.39, 0.29) is 5.82 Å². The third kappa shape index (κ3) is 3.45. The van der Waals surface area contributed by atoms with E-state index >= 15 is 0 Å². The molecule has 0 radical (unpaired) electrons. The molecule has 1 unspecified atom stereocenters. The summed E-state index contributed by atoms with van der Waals surface area (Å²) in [4.78, 5) is 0. The molecular formula is C14H13ClFNO. The maximum atomic E-state index is 12.9. The van der Waals surface area contributed by atoms with Crippen LogP contribution < -0.4 is 5.32 Å². The predicted octanol–water partition coefficient (Wildman–Crippen LogP) is 3.62. The zero-order chi connectivity index (χ0) is 13.0. The van der Waals surface area contributed by atoms with Crippen molar-refractivity contribution in [1.29, 1.82) is 0 Å². The fraction of sp³-hybridized carbons (Fsp3) is 0.143. The van der Waals surface area contributed by atoms with Crippen molar-refractivity contribution in [2.75, 3.05) is 11.9 Å². The van der Waals surface area contributed by atoms with Gasteiger partial charge in [-0.25, -0.2) is 4.39 Å². The first kappa shape index (κ1) is 12.9. The van der Waals surface area contributed by atoms with E-state index in [0.29, 0.717) is 17.3 Å². The summed E-state index contributed by atoms with van der Waals surface area (Å²) in [5, 5.41) is 13.5. The topological polar surface area (TPSA) is 32.3 Å². The summed E-state index contributed by atoms with van der Waals surface area (Å²) in [6.07, 6.45) is -0.688. The molecule has 0 saturated carbocycles. The maximum absolute atomic E-state index is 12.9. The minimum atomic E-state index is -0.688. The van der Waals surface area contributed by atoms with E-state index in [1.54, 1.807) is 36.4 Å². The molecule has 0 aliphatic rings. The molecule has 0 fully saturated rings. The molecule has 1 atom stereocenters. The Morgan fingerprint density at radius 3 is 2.67 bits per heavy atom. The molecule has 94 valence electrons. The van der Waals surface area contributed by atoms with E-state index in [9.17, 15) is 9.50 Å². The van der Waals surface area contributed by atoms with Gasteiger partial charge in [-0.2, -0.15) is 0 Å². The van der Waals surface area contributed by atoms with Crippen LogP contribution in [0.15, 0.2) is 48.5 Å². The molecule has 2 aromatic carbocycles. The molecule has 2 nitrogen and oxygen atoms in total. The normalized spacial score (nSPS) is 12.2. The minimum Gasteiger partial charge on any atom is -0.387 e. The first-order chi connectivity index (χ1) is 8.65. The molecule has 0 amide bonds. The lowest BCUT2D eigenvalue weighted by Crippen LogP contribution is -2.12. The average Bonchev–Trinajstić information content (AvgIpc) is 2.36. The number of benzene rings is 2. The number of hydrogen-bond acceptors (Lipinski definition) is 2. The Morgan fingerprint density at radius 2 is 1.94 bits per heavy atom. The van der Waals surface area contributed by atoms with Crippen molar-refractivity contribution < 1.29 is 9.50 Å². The average molecular weight is 266 g/mol. The summed E-state index contributed by atoms with van der Waals surface area (Å²) >= 11 is 5.85. The number of aliphatic hydroxyl groups excluding tert-OH is 1. The summed E-state index contributed by atoms with van der Waals surface area (Å²) in [5.74, 6) is -0.308. The largest absolute Gasteiger partial charge is 0.387 e. The Morgan fingerprint density at radius 1 is 1.17 bits per heavy atom. The van der Waals surface area contributed by atoms with Gasteiger partial charge in [0.05, 0.1) is 6.10 Å². The molecule has 2 rings (SSSR count). The van der Waals surface area contributed by atoms with E-state index in [4.69, 9.17) is 11.6 Å². The summed E-state index contributed by atoms with van der Waals surface area (Å²) < 4.78 is 12.9. The van der Waals surface area contributed by atoms with E-state index in [2.05, 4.69) is 5.32 Å². The highest BCUT2D eigenvalue weighted by Gasteiger charge is 2.07. The van der Waals surface area contributed by atoms with Crippen LogP contribution >= 0.6 is 11.6 Å². The zero-order valence-electron chi connectivity index (χ0n) is 9.61. The van der Waals surface area contributed by atoms with Crippen molar-refractivity contribution >= 4 is 17.3 Å². The minimum absolute atomic E-state index is 0.295. The molecule has 4 heteroatoms. The highest BCUT2D eigenvalue weighted by atomic mass is 35.5.